The maximum atomic E-state index is 11.7. The van der Waals surface area contributed by atoms with Crippen molar-refractivity contribution < 1.29 is 9.53 Å². The molecule has 0 saturated carbocycles. The number of piperidine rings is 1. The largest absolute Gasteiger partial charge is 0.491 e. The average molecular weight is 276 g/mol. The van der Waals surface area contributed by atoms with Gasteiger partial charge in [0, 0.05) is 12.6 Å². The topological polar surface area (TPSA) is 50.4 Å². The van der Waals surface area contributed by atoms with E-state index in [9.17, 15) is 4.79 Å². The first-order valence-corrected chi connectivity index (χ1v) is 7.36. The number of carbonyl (C=O) groups excluding carboxylic acids is 1. The lowest BCUT2D eigenvalue weighted by molar-refractivity contribution is -0.124. The van der Waals surface area contributed by atoms with Gasteiger partial charge < -0.3 is 10.1 Å². The molecule has 1 heterocycles. The van der Waals surface area contributed by atoms with E-state index in [0.717, 1.165) is 25.1 Å². The van der Waals surface area contributed by atoms with E-state index in [4.69, 9.17) is 4.74 Å². The number of hydrogen-bond donors (Lipinski definition) is 2. The lowest BCUT2D eigenvalue weighted by Gasteiger charge is -2.26. The summed E-state index contributed by atoms with van der Waals surface area (Å²) in [7, 11) is 0. The molecule has 0 spiro atoms. The van der Waals surface area contributed by atoms with Crippen LogP contribution in [0.3, 0.4) is 0 Å². The van der Waals surface area contributed by atoms with Crippen molar-refractivity contribution in [3.8, 4) is 5.75 Å². The Balaban J connectivity index is 1.94. The van der Waals surface area contributed by atoms with E-state index in [1.165, 1.54) is 5.56 Å². The smallest absolute Gasteiger partial charge is 0.237 e. The van der Waals surface area contributed by atoms with Crippen molar-refractivity contribution in [2.45, 2.75) is 51.8 Å². The minimum Gasteiger partial charge on any atom is -0.491 e. The van der Waals surface area contributed by atoms with E-state index in [1.807, 2.05) is 26.0 Å². The van der Waals surface area contributed by atoms with Crippen LogP contribution in [-0.2, 0) is 4.79 Å². The number of nitrogens with one attached hydrogen (secondary N) is 2. The molecule has 1 fully saturated rings. The SMILES string of the molecule is CC(C)Oc1ccc(C(C)NC2CCCNC2=O)cc1. The molecule has 1 aliphatic rings. The third kappa shape index (κ3) is 3.97. The van der Waals surface area contributed by atoms with E-state index in [-0.39, 0.29) is 24.1 Å². The van der Waals surface area contributed by atoms with Crippen molar-refractivity contribution >= 4 is 5.91 Å². The van der Waals surface area contributed by atoms with Gasteiger partial charge in [0.25, 0.3) is 0 Å². The second-order valence-corrected chi connectivity index (χ2v) is 5.61. The van der Waals surface area contributed by atoms with Gasteiger partial charge in [-0.3, -0.25) is 10.1 Å². The van der Waals surface area contributed by atoms with Crippen LogP contribution >= 0.6 is 0 Å². The maximum Gasteiger partial charge on any atom is 0.237 e. The molecule has 110 valence electrons. The van der Waals surface area contributed by atoms with Crippen LogP contribution in [0.15, 0.2) is 24.3 Å². The van der Waals surface area contributed by atoms with Crippen LogP contribution in [-0.4, -0.2) is 24.6 Å². The first-order valence-electron chi connectivity index (χ1n) is 7.36. The Morgan fingerprint density at radius 1 is 1.25 bits per heavy atom. The van der Waals surface area contributed by atoms with Crippen LogP contribution in [0.1, 0.15) is 45.2 Å². The van der Waals surface area contributed by atoms with Crippen LogP contribution in [0.2, 0.25) is 0 Å². The third-order valence-corrected chi connectivity index (χ3v) is 3.49. The third-order valence-electron chi connectivity index (χ3n) is 3.49. The fourth-order valence-corrected chi connectivity index (χ4v) is 2.44. The Hall–Kier alpha value is -1.55. The fourth-order valence-electron chi connectivity index (χ4n) is 2.44. The van der Waals surface area contributed by atoms with Gasteiger partial charge in [0.1, 0.15) is 5.75 Å². The summed E-state index contributed by atoms with van der Waals surface area (Å²) < 4.78 is 5.63. The van der Waals surface area contributed by atoms with Gasteiger partial charge in [-0.15, -0.1) is 0 Å². The van der Waals surface area contributed by atoms with Crippen LogP contribution < -0.4 is 15.4 Å². The molecule has 4 nitrogen and oxygen atoms in total. The second-order valence-electron chi connectivity index (χ2n) is 5.61. The Kier molecular flexibility index (Phi) is 5.01. The van der Waals surface area contributed by atoms with Gasteiger partial charge in [0.05, 0.1) is 12.1 Å². The molecule has 0 aromatic heterocycles. The molecule has 0 radical (unpaired) electrons. The van der Waals surface area contributed by atoms with E-state index >= 15 is 0 Å². The van der Waals surface area contributed by atoms with Crippen LogP contribution in [0.4, 0.5) is 0 Å². The highest BCUT2D eigenvalue weighted by Gasteiger charge is 2.23. The Morgan fingerprint density at radius 2 is 1.95 bits per heavy atom. The number of benzene rings is 1. The number of hydrogen-bond acceptors (Lipinski definition) is 3. The molecule has 1 amide bonds. The van der Waals surface area contributed by atoms with E-state index in [0.29, 0.717) is 0 Å². The van der Waals surface area contributed by atoms with Crippen molar-refractivity contribution in [1.29, 1.82) is 0 Å². The fraction of sp³-hybridized carbons (Fsp3) is 0.562. The van der Waals surface area contributed by atoms with Crippen molar-refractivity contribution in [2.75, 3.05) is 6.54 Å². The zero-order chi connectivity index (χ0) is 14.5. The predicted octanol–water partition coefficient (Wildman–Crippen LogP) is 2.40. The lowest BCUT2D eigenvalue weighted by atomic mass is 10.0. The van der Waals surface area contributed by atoms with Crippen molar-refractivity contribution in [3.63, 3.8) is 0 Å². The monoisotopic (exact) mass is 276 g/mol. The number of carbonyl (C=O) groups is 1. The molecular formula is C16H24N2O2. The lowest BCUT2D eigenvalue weighted by Crippen LogP contribution is -2.48. The Bertz CT molecular complexity index is 442. The molecule has 2 atom stereocenters. The summed E-state index contributed by atoms with van der Waals surface area (Å²) in [5.41, 5.74) is 1.17. The highest BCUT2D eigenvalue weighted by atomic mass is 16.5. The van der Waals surface area contributed by atoms with Crippen molar-refractivity contribution in [3.05, 3.63) is 29.8 Å². The van der Waals surface area contributed by atoms with E-state index in [1.54, 1.807) is 0 Å². The molecule has 2 N–H and O–H groups in total. The van der Waals surface area contributed by atoms with Gasteiger partial charge in [0.15, 0.2) is 0 Å². The standard InChI is InChI=1S/C16H24N2O2/c1-11(2)20-14-8-6-13(7-9-14)12(3)18-15-5-4-10-17-16(15)19/h6-9,11-12,15,18H,4-5,10H2,1-3H3,(H,17,19). The van der Waals surface area contributed by atoms with Gasteiger partial charge in [-0.05, 0) is 51.3 Å². The molecule has 1 saturated heterocycles. The van der Waals surface area contributed by atoms with Gasteiger partial charge >= 0.3 is 0 Å². The molecular weight excluding hydrogens is 252 g/mol. The Labute approximate surface area is 120 Å². The average Bonchev–Trinajstić information content (AvgIpc) is 2.41. The normalized spacial score (nSPS) is 20.6. The summed E-state index contributed by atoms with van der Waals surface area (Å²) in [5, 5.41) is 6.29. The molecule has 4 heteroatoms. The van der Waals surface area contributed by atoms with E-state index in [2.05, 4.69) is 29.7 Å². The van der Waals surface area contributed by atoms with Crippen LogP contribution in [0, 0.1) is 0 Å². The zero-order valence-electron chi connectivity index (χ0n) is 12.5. The quantitative estimate of drug-likeness (QED) is 0.868. The van der Waals surface area contributed by atoms with Gasteiger partial charge in [-0.2, -0.15) is 0 Å². The van der Waals surface area contributed by atoms with Gasteiger partial charge in [0.2, 0.25) is 5.91 Å². The molecule has 2 unspecified atom stereocenters. The molecule has 1 aromatic rings. The number of amides is 1. The molecule has 20 heavy (non-hydrogen) atoms. The van der Waals surface area contributed by atoms with E-state index < -0.39 is 0 Å². The number of ether oxygens (including phenoxy) is 1. The predicted molar refractivity (Wildman–Crippen MR) is 79.8 cm³/mol. The summed E-state index contributed by atoms with van der Waals surface area (Å²) in [6, 6.07) is 8.14. The van der Waals surface area contributed by atoms with Gasteiger partial charge in [-0.1, -0.05) is 12.1 Å². The summed E-state index contributed by atoms with van der Waals surface area (Å²) >= 11 is 0. The maximum absolute atomic E-state index is 11.7. The first kappa shape index (κ1) is 14.9. The molecule has 0 bridgehead atoms. The summed E-state index contributed by atoms with van der Waals surface area (Å²) in [5.74, 6) is 0.995. The summed E-state index contributed by atoms with van der Waals surface area (Å²) in [6.07, 6.45) is 2.13. The van der Waals surface area contributed by atoms with Crippen LogP contribution in [0.5, 0.6) is 5.75 Å². The molecule has 1 aromatic carbocycles. The van der Waals surface area contributed by atoms with Crippen molar-refractivity contribution in [1.82, 2.24) is 10.6 Å². The minimum absolute atomic E-state index is 0.0784. The first-order chi connectivity index (χ1) is 9.56. The molecule has 2 rings (SSSR count). The highest BCUT2D eigenvalue weighted by Crippen LogP contribution is 2.19. The number of rotatable bonds is 5. The molecule has 0 aliphatic carbocycles. The molecule has 1 aliphatic heterocycles. The highest BCUT2D eigenvalue weighted by molar-refractivity contribution is 5.82. The summed E-state index contributed by atoms with van der Waals surface area (Å²) in [4.78, 5) is 11.7. The van der Waals surface area contributed by atoms with Gasteiger partial charge in [-0.25, -0.2) is 0 Å². The zero-order valence-corrected chi connectivity index (χ0v) is 12.5. The van der Waals surface area contributed by atoms with Crippen LogP contribution in [0.25, 0.3) is 0 Å². The minimum atomic E-state index is -0.0784. The summed E-state index contributed by atoms with van der Waals surface area (Å²) in [6.45, 7) is 6.91. The second kappa shape index (κ2) is 6.75. The Morgan fingerprint density at radius 3 is 2.55 bits per heavy atom. The van der Waals surface area contributed by atoms with Crippen molar-refractivity contribution in [2.24, 2.45) is 0 Å².